The first-order valence-electron chi connectivity index (χ1n) is 7.38. The minimum atomic E-state index is -0.715. The summed E-state index contributed by atoms with van der Waals surface area (Å²) in [6.45, 7) is 2.61. The van der Waals surface area contributed by atoms with Crippen molar-refractivity contribution in [3.8, 4) is 0 Å². The van der Waals surface area contributed by atoms with E-state index in [0.717, 1.165) is 44.5 Å². The second-order valence-corrected chi connectivity index (χ2v) is 5.67. The summed E-state index contributed by atoms with van der Waals surface area (Å²) in [4.78, 5) is 24.3. The minimum Gasteiger partial charge on any atom is -0.481 e. The first kappa shape index (κ1) is 15.5. The summed E-state index contributed by atoms with van der Waals surface area (Å²) in [7, 11) is 0. The highest BCUT2D eigenvalue weighted by atomic mass is 16.4. The van der Waals surface area contributed by atoms with Crippen molar-refractivity contribution in [2.45, 2.75) is 32.2 Å². The number of hydrogen-bond acceptors (Lipinski definition) is 3. The number of nitrogens with zero attached hydrogens (tertiary/aromatic N) is 1. The van der Waals surface area contributed by atoms with Crippen molar-refractivity contribution in [1.29, 1.82) is 0 Å². The van der Waals surface area contributed by atoms with E-state index in [9.17, 15) is 9.59 Å². The summed E-state index contributed by atoms with van der Waals surface area (Å²) in [5, 5.41) is 8.72. The number of rotatable bonds is 6. The highest BCUT2D eigenvalue weighted by Gasteiger charge is 2.20. The van der Waals surface area contributed by atoms with Crippen LogP contribution in [0.25, 0.3) is 0 Å². The van der Waals surface area contributed by atoms with Crippen molar-refractivity contribution in [3.05, 3.63) is 35.4 Å². The van der Waals surface area contributed by atoms with Gasteiger partial charge in [-0.15, -0.1) is 0 Å². The average Bonchev–Trinajstić information content (AvgIpc) is 2.47. The summed E-state index contributed by atoms with van der Waals surface area (Å²) in [6, 6.07) is 7.44. The number of hydrogen-bond donors (Lipinski definition) is 2. The minimum absolute atomic E-state index is 0.259. The van der Waals surface area contributed by atoms with E-state index in [1.807, 2.05) is 18.2 Å². The van der Waals surface area contributed by atoms with Crippen LogP contribution in [-0.4, -0.2) is 35.0 Å². The molecule has 1 aliphatic rings. The zero-order chi connectivity index (χ0) is 15.2. The van der Waals surface area contributed by atoms with E-state index in [0.29, 0.717) is 11.5 Å². The van der Waals surface area contributed by atoms with Crippen LogP contribution in [0.15, 0.2) is 24.3 Å². The number of carbonyl (C=O) groups excluding carboxylic acids is 1. The molecule has 5 nitrogen and oxygen atoms in total. The van der Waals surface area contributed by atoms with Crippen LogP contribution in [0.2, 0.25) is 0 Å². The Morgan fingerprint density at radius 3 is 2.52 bits per heavy atom. The topological polar surface area (TPSA) is 83.6 Å². The van der Waals surface area contributed by atoms with Crippen LogP contribution in [0.4, 0.5) is 0 Å². The molecule has 5 heteroatoms. The summed E-state index contributed by atoms with van der Waals surface area (Å²) in [6.07, 6.45) is 3.06. The lowest BCUT2D eigenvalue weighted by Crippen LogP contribution is -2.34. The van der Waals surface area contributed by atoms with Crippen molar-refractivity contribution in [2.24, 2.45) is 11.7 Å². The van der Waals surface area contributed by atoms with Gasteiger partial charge in [-0.05, 0) is 49.9 Å². The Balaban J connectivity index is 1.86. The van der Waals surface area contributed by atoms with Crippen LogP contribution in [0.1, 0.15) is 41.6 Å². The van der Waals surface area contributed by atoms with Crippen molar-refractivity contribution in [1.82, 2.24) is 4.90 Å². The molecule has 1 aliphatic heterocycles. The van der Waals surface area contributed by atoms with Gasteiger partial charge in [0.05, 0.1) is 0 Å². The van der Waals surface area contributed by atoms with Crippen LogP contribution in [0.3, 0.4) is 0 Å². The molecule has 3 N–H and O–H groups in total. The summed E-state index contributed by atoms with van der Waals surface area (Å²) in [5.41, 5.74) is 6.95. The van der Waals surface area contributed by atoms with Crippen LogP contribution < -0.4 is 5.73 Å². The molecule has 0 saturated carbocycles. The predicted molar refractivity (Wildman–Crippen MR) is 79.8 cm³/mol. The van der Waals surface area contributed by atoms with E-state index < -0.39 is 5.97 Å². The van der Waals surface area contributed by atoms with Crippen LogP contribution in [0, 0.1) is 5.92 Å². The molecule has 0 spiro atoms. The second-order valence-electron chi connectivity index (χ2n) is 5.67. The molecule has 1 aromatic rings. The van der Waals surface area contributed by atoms with Gasteiger partial charge in [0, 0.05) is 18.5 Å². The smallest absolute Gasteiger partial charge is 0.303 e. The first-order valence-corrected chi connectivity index (χ1v) is 7.38. The van der Waals surface area contributed by atoms with E-state index in [-0.39, 0.29) is 12.3 Å². The van der Waals surface area contributed by atoms with Gasteiger partial charge in [0.2, 0.25) is 5.91 Å². The van der Waals surface area contributed by atoms with E-state index in [4.69, 9.17) is 10.8 Å². The van der Waals surface area contributed by atoms with E-state index in [2.05, 4.69) is 4.90 Å². The number of piperidine rings is 1. The lowest BCUT2D eigenvalue weighted by molar-refractivity contribution is -0.137. The molecule has 1 heterocycles. The molecule has 0 radical (unpaired) electrons. The quantitative estimate of drug-likeness (QED) is 0.837. The zero-order valence-electron chi connectivity index (χ0n) is 12.1. The van der Waals surface area contributed by atoms with Crippen molar-refractivity contribution in [2.75, 3.05) is 13.1 Å². The largest absolute Gasteiger partial charge is 0.481 e. The summed E-state index contributed by atoms with van der Waals surface area (Å²) >= 11 is 0. The molecule has 0 aromatic heterocycles. The monoisotopic (exact) mass is 290 g/mol. The van der Waals surface area contributed by atoms with Crippen LogP contribution in [0.5, 0.6) is 0 Å². The fourth-order valence-corrected chi connectivity index (χ4v) is 2.90. The highest BCUT2D eigenvalue weighted by Crippen LogP contribution is 2.23. The molecule has 0 unspecified atom stereocenters. The molecule has 1 amide bonds. The number of primary amides is 1. The third-order valence-corrected chi connectivity index (χ3v) is 4.15. The molecular formula is C16H22N2O3. The van der Waals surface area contributed by atoms with Gasteiger partial charge in [-0.25, -0.2) is 0 Å². The molecule has 0 atom stereocenters. The van der Waals surface area contributed by atoms with Gasteiger partial charge in [0.1, 0.15) is 0 Å². The van der Waals surface area contributed by atoms with Crippen LogP contribution >= 0.6 is 0 Å². The fourth-order valence-electron chi connectivity index (χ4n) is 2.90. The normalized spacial score (nSPS) is 16.8. The first-order chi connectivity index (χ1) is 10.1. The Labute approximate surface area is 124 Å². The number of aliphatic carboxylic acids is 1. The standard InChI is InChI=1S/C16H22N2O3/c17-16(21)14-4-2-1-3-13(14)11-18-9-7-12(8-10-18)5-6-15(19)20/h1-4,12H,5-11H2,(H2,17,21)(H,19,20). The van der Waals surface area contributed by atoms with Gasteiger partial charge in [0.25, 0.3) is 0 Å². The average molecular weight is 290 g/mol. The zero-order valence-corrected chi connectivity index (χ0v) is 12.1. The maximum Gasteiger partial charge on any atom is 0.303 e. The van der Waals surface area contributed by atoms with Crippen LogP contribution in [-0.2, 0) is 11.3 Å². The predicted octanol–water partition coefficient (Wildman–Crippen LogP) is 1.86. The number of carboxylic acid groups (broad SMARTS) is 1. The third-order valence-electron chi connectivity index (χ3n) is 4.15. The fraction of sp³-hybridized carbons (Fsp3) is 0.500. The molecule has 0 bridgehead atoms. The molecule has 1 aromatic carbocycles. The van der Waals surface area contributed by atoms with Crippen molar-refractivity contribution in [3.63, 3.8) is 0 Å². The number of benzene rings is 1. The number of nitrogens with two attached hydrogens (primary N) is 1. The van der Waals surface area contributed by atoms with Gasteiger partial charge in [-0.3, -0.25) is 14.5 Å². The SMILES string of the molecule is NC(=O)c1ccccc1CN1CCC(CCC(=O)O)CC1. The Morgan fingerprint density at radius 2 is 1.90 bits per heavy atom. The van der Waals surface area contributed by atoms with Crippen molar-refractivity contribution < 1.29 is 14.7 Å². The van der Waals surface area contributed by atoms with Gasteiger partial charge in [0.15, 0.2) is 0 Å². The molecular weight excluding hydrogens is 268 g/mol. The Kier molecular flexibility index (Phi) is 5.33. The molecule has 114 valence electrons. The van der Waals surface area contributed by atoms with E-state index in [1.54, 1.807) is 6.07 Å². The summed E-state index contributed by atoms with van der Waals surface area (Å²) in [5.74, 6) is -0.599. The Morgan fingerprint density at radius 1 is 1.24 bits per heavy atom. The van der Waals surface area contributed by atoms with Crippen molar-refractivity contribution >= 4 is 11.9 Å². The number of carboxylic acids is 1. The molecule has 2 rings (SSSR count). The molecule has 21 heavy (non-hydrogen) atoms. The molecule has 1 fully saturated rings. The lowest BCUT2D eigenvalue weighted by atomic mass is 9.92. The number of likely N-dealkylation sites (tertiary alicyclic amines) is 1. The van der Waals surface area contributed by atoms with Gasteiger partial charge >= 0.3 is 5.97 Å². The second kappa shape index (κ2) is 7.22. The Hall–Kier alpha value is -1.88. The maximum atomic E-state index is 11.4. The van der Waals surface area contributed by atoms with Gasteiger partial charge < -0.3 is 10.8 Å². The van der Waals surface area contributed by atoms with Gasteiger partial charge in [-0.1, -0.05) is 18.2 Å². The molecule has 1 saturated heterocycles. The van der Waals surface area contributed by atoms with E-state index in [1.165, 1.54) is 0 Å². The highest BCUT2D eigenvalue weighted by molar-refractivity contribution is 5.94. The lowest BCUT2D eigenvalue weighted by Gasteiger charge is -2.32. The number of amides is 1. The van der Waals surface area contributed by atoms with Gasteiger partial charge in [-0.2, -0.15) is 0 Å². The van der Waals surface area contributed by atoms with E-state index >= 15 is 0 Å². The molecule has 0 aliphatic carbocycles. The maximum absolute atomic E-state index is 11.4. The Bertz CT molecular complexity index is 508. The third kappa shape index (κ3) is 4.56. The summed E-state index contributed by atoms with van der Waals surface area (Å²) < 4.78 is 0. The number of carbonyl (C=O) groups is 2.